The molecule has 0 spiro atoms. The number of rotatable bonds is 4. The summed E-state index contributed by atoms with van der Waals surface area (Å²) in [4.78, 5) is 0. The maximum absolute atomic E-state index is 9.35. The molecule has 0 saturated heterocycles. The van der Waals surface area contributed by atoms with E-state index in [1.54, 1.807) is 0 Å². The van der Waals surface area contributed by atoms with Gasteiger partial charge in [0.15, 0.2) is 0 Å². The lowest BCUT2D eigenvalue weighted by Crippen LogP contribution is -2.24. The van der Waals surface area contributed by atoms with Gasteiger partial charge in [0.25, 0.3) is 0 Å². The van der Waals surface area contributed by atoms with Gasteiger partial charge in [-0.15, -0.1) is 0 Å². The second kappa shape index (κ2) is 4.73. The minimum Gasteiger partial charge on any atom is -0.392 e. The van der Waals surface area contributed by atoms with E-state index in [2.05, 4.69) is 26.1 Å². The molecule has 2 heteroatoms. The van der Waals surface area contributed by atoms with Crippen LogP contribution in [0.4, 0.5) is 0 Å². The fraction of sp³-hybridized carbons (Fsp3) is 1.00. The Hall–Kier alpha value is -0.0800. The molecule has 2 nitrogen and oxygen atoms in total. The van der Waals surface area contributed by atoms with Crippen molar-refractivity contribution in [2.75, 3.05) is 13.6 Å². The molecule has 0 aliphatic carbocycles. The molecule has 0 rings (SSSR count). The number of aliphatic hydroxyl groups excluding tert-OH is 1. The smallest absolute Gasteiger partial charge is 0.0664 e. The Labute approximate surface area is 70.0 Å². The zero-order valence-corrected chi connectivity index (χ0v) is 8.15. The van der Waals surface area contributed by atoms with E-state index in [0.717, 1.165) is 12.8 Å². The van der Waals surface area contributed by atoms with Crippen LogP contribution in [-0.4, -0.2) is 24.8 Å². The summed E-state index contributed by atoms with van der Waals surface area (Å²) in [6, 6.07) is 0. The third-order valence-electron chi connectivity index (χ3n) is 1.67. The molecule has 0 aromatic heterocycles. The highest BCUT2D eigenvalue weighted by Crippen LogP contribution is 2.21. The van der Waals surface area contributed by atoms with Gasteiger partial charge < -0.3 is 10.4 Å². The number of hydrogen-bond donors (Lipinski definition) is 2. The number of likely N-dealkylation sites (N-methyl/N-ethyl adjacent to an activating group) is 1. The van der Waals surface area contributed by atoms with Gasteiger partial charge in [-0.2, -0.15) is 0 Å². The monoisotopic (exact) mass is 159 g/mol. The SMILES string of the molecule is CNCC(O)CCC(C)(C)C. The molecule has 0 aliphatic rings. The van der Waals surface area contributed by atoms with Gasteiger partial charge in [-0.1, -0.05) is 20.8 Å². The van der Waals surface area contributed by atoms with E-state index in [1.165, 1.54) is 0 Å². The predicted molar refractivity (Wildman–Crippen MR) is 48.6 cm³/mol. The van der Waals surface area contributed by atoms with Crippen LogP contribution in [0, 0.1) is 5.41 Å². The Balaban J connectivity index is 3.38. The third-order valence-corrected chi connectivity index (χ3v) is 1.67. The van der Waals surface area contributed by atoms with Crippen LogP contribution in [0.25, 0.3) is 0 Å². The van der Waals surface area contributed by atoms with E-state index in [9.17, 15) is 5.11 Å². The Kier molecular flexibility index (Phi) is 4.69. The lowest BCUT2D eigenvalue weighted by molar-refractivity contribution is 0.146. The van der Waals surface area contributed by atoms with Crippen LogP contribution in [0.1, 0.15) is 33.6 Å². The molecular formula is C9H21NO. The van der Waals surface area contributed by atoms with Gasteiger partial charge in [-0.05, 0) is 25.3 Å². The van der Waals surface area contributed by atoms with Crippen LogP contribution in [-0.2, 0) is 0 Å². The first kappa shape index (κ1) is 10.9. The second-order valence-corrected chi connectivity index (χ2v) is 4.31. The second-order valence-electron chi connectivity index (χ2n) is 4.31. The van der Waals surface area contributed by atoms with E-state index in [4.69, 9.17) is 0 Å². The van der Waals surface area contributed by atoms with Gasteiger partial charge in [0.2, 0.25) is 0 Å². The van der Waals surface area contributed by atoms with Gasteiger partial charge >= 0.3 is 0 Å². The van der Waals surface area contributed by atoms with Crippen molar-refractivity contribution < 1.29 is 5.11 Å². The molecule has 68 valence electrons. The van der Waals surface area contributed by atoms with Crippen LogP contribution in [0.15, 0.2) is 0 Å². The van der Waals surface area contributed by atoms with Crippen LogP contribution >= 0.6 is 0 Å². The zero-order valence-electron chi connectivity index (χ0n) is 8.15. The number of nitrogens with one attached hydrogen (secondary N) is 1. The molecule has 0 aromatic carbocycles. The summed E-state index contributed by atoms with van der Waals surface area (Å²) in [6.45, 7) is 7.29. The molecule has 0 aromatic rings. The lowest BCUT2D eigenvalue weighted by atomic mass is 9.89. The Morgan fingerprint density at radius 3 is 2.27 bits per heavy atom. The maximum atomic E-state index is 9.35. The van der Waals surface area contributed by atoms with Crippen LogP contribution in [0.2, 0.25) is 0 Å². The summed E-state index contributed by atoms with van der Waals surface area (Å²) >= 11 is 0. The average Bonchev–Trinajstić information content (AvgIpc) is 1.83. The first-order valence-corrected chi connectivity index (χ1v) is 4.28. The average molecular weight is 159 g/mol. The Morgan fingerprint density at radius 1 is 1.36 bits per heavy atom. The highest BCUT2D eigenvalue weighted by molar-refractivity contribution is 4.66. The summed E-state index contributed by atoms with van der Waals surface area (Å²) in [5.74, 6) is 0. The molecule has 1 unspecified atom stereocenters. The van der Waals surface area contributed by atoms with Crippen molar-refractivity contribution in [3.63, 3.8) is 0 Å². The molecule has 0 radical (unpaired) electrons. The Morgan fingerprint density at radius 2 is 1.91 bits per heavy atom. The summed E-state index contributed by atoms with van der Waals surface area (Å²) < 4.78 is 0. The minimum absolute atomic E-state index is 0.181. The molecule has 0 saturated carbocycles. The fourth-order valence-electron chi connectivity index (χ4n) is 0.937. The van der Waals surface area contributed by atoms with Crippen molar-refractivity contribution in [1.29, 1.82) is 0 Å². The van der Waals surface area contributed by atoms with Crippen LogP contribution < -0.4 is 5.32 Å². The summed E-state index contributed by atoms with van der Waals surface area (Å²) in [5.41, 5.74) is 0.342. The van der Waals surface area contributed by atoms with Crippen molar-refractivity contribution in [2.45, 2.75) is 39.7 Å². The fourth-order valence-corrected chi connectivity index (χ4v) is 0.937. The van der Waals surface area contributed by atoms with Crippen molar-refractivity contribution in [3.8, 4) is 0 Å². The van der Waals surface area contributed by atoms with Gasteiger partial charge in [0, 0.05) is 6.54 Å². The van der Waals surface area contributed by atoms with Crippen molar-refractivity contribution in [1.82, 2.24) is 5.32 Å². The normalized spacial score (nSPS) is 15.0. The largest absolute Gasteiger partial charge is 0.392 e. The molecule has 2 N–H and O–H groups in total. The zero-order chi connectivity index (χ0) is 8.91. The lowest BCUT2D eigenvalue weighted by Gasteiger charge is -2.19. The topological polar surface area (TPSA) is 32.3 Å². The molecule has 0 aliphatic heterocycles. The maximum Gasteiger partial charge on any atom is 0.0664 e. The van der Waals surface area contributed by atoms with Crippen LogP contribution in [0.5, 0.6) is 0 Å². The minimum atomic E-state index is -0.181. The summed E-state index contributed by atoms with van der Waals surface area (Å²) in [5, 5.41) is 12.3. The van der Waals surface area contributed by atoms with Crippen molar-refractivity contribution in [2.24, 2.45) is 5.41 Å². The van der Waals surface area contributed by atoms with E-state index in [-0.39, 0.29) is 6.10 Å². The predicted octanol–water partition coefficient (Wildman–Crippen LogP) is 1.39. The molecule has 0 amide bonds. The highest BCUT2D eigenvalue weighted by atomic mass is 16.3. The van der Waals surface area contributed by atoms with E-state index in [1.807, 2.05) is 7.05 Å². The summed E-state index contributed by atoms with van der Waals surface area (Å²) in [6.07, 6.45) is 1.79. The van der Waals surface area contributed by atoms with Gasteiger partial charge in [0.05, 0.1) is 6.10 Å². The highest BCUT2D eigenvalue weighted by Gasteiger charge is 2.12. The summed E-state index contributed by atoms with van der Waals surface area (Å²) in [7, 11) is 1.86. The Bertz CT molecular complexity index is 96.2. The number of hydrogen-bond acceptors (Lipinski definition) is 2. The van der Waals surface area contributed by atoms with E-state index in [0.29, 0.717) is 12.0 Å². The molecule has 0 heterocycles. The quantitative estimate of drug-likeness (QED) is 0.649. The van der Waals surface area contributed by atoms with Crippen molar-refractivity contribution in [3.05, 3.63) is 0 Å². The first-order valence-electron chi connectivity index (χ1n) is 4.28. The third kappa shape index (κ3) is 7.82. The molecular weight excluding hydrogens is 138 g/mol. The molecule has 0 fully saturated rings. The standard InChI is InChI=1S/C9H21NO/c1-9(2,3)6-5-8(11)7-10-4/h8,10-11H,5-7H2,1-4H3. The molecule has 0 bridgehead atoms. The van der Waals surface area contributed by atoms with Gasteiger partial charge in [-0.25, -0.2) is 0 Å². The van der Waals surface area contributed by atoms with Crippen molar-refractivity contribution >= 4 is 0 Å². The molecule has 11 heavy (non-hydrogen) atoms. The van der Waals surface area contributed by atoms with Crippen LogP contribution in [0.3, 0.4) is 0 Å². The van der Waals surface area contributed by atoms with E-state index < -0.39 is 0 Å². The first-order chi connectivity index (χ1) is 4.95. The van der Waals surface area contributed by atoms with E-state index >= 15 is 0 Å². The van der Waals surface area contributed by atoms with Gasteiger partial charge in [-0.3, -0.25) is 0 Å². The molecule has 1 atom stereocenters. The number of aliphatic hydroxyl groups is 1. The van der Waals surface area contributed by atoms with Gasteiger partial charge in [0.1, 0.15) is 0 Å².